The van der Waals surface area contributed by atoms with E-state index in [1.807, 2.05) is 18.2 Å². The van der Waals surface area contributed by atoms with Crippen LogP contribution in [0.15, 0.2) is 48.5 Å². The van der Waals surface area contributed by atoms with E-state index in [4.69, 9.17) is 5.73 Å². The van der Waals surface area contributed by atoms with Crippen molar-refractivity contribution in [3.05, 3.63) is 65.2 Å². The van der Waals surface area contributed by atoms with Crippen molar-refractivity contribution in [3.8, 4) is 5.75 Å². The van der Waals surface area contributed by atoms with E-state index < -0.39 is 12.5 Å². The molecule has 0 heterocycles. The van der Waals surface area contributed by atoms with Gasteiger partial charge in [-0.15, -0.1) is 0 Å². The molecule has 0 fully saturated rings. The number of aryl methyl sites for hydroxylation is 2. The van der Waals surface area contributed by atoms with Gasteiger partial charge in [-0.3, -0.25) is 4.79 Å². The van der Waals surface area contributed by atoms with Crippen molar-refractivity contribution in [2.24, 2.45) is 5.73 Å². The average molecular weight is 291 g/mol. The van der Waals surface area contributed by atoms with E-state index in [1.165, 1.54) is 6.07 Å². The number of amides is 1. The van der Waals surface area contributed by atoms with Crippen molar-refractivity contribution in [1.82, 2.24) is 0 Å². The van der Waals surface area contributed by atoms with E-state index in [0.29, 0.717) is 18.4 Å². The molecule has 0 saturated heterocycles. The van der Waals surface area contributed by atoms with Gasteiger partial charge in [-0.25, -0.2) is 0 Å². The maximum absolute atomic E-state index is 12.2. The van der Waals surface area contributed by atoms with Gasteiger partial charge in [0, 0.05) is 5.56 Å². The maximum atomic E-state index is 12.2. The molecule has 0 spiro atoms. The number of alkyl halides is 2. The van der Waals surface area contributed by atoms with Crippen molar-refractivity contribution < 1.29 is 18.3 Å². The van der Waals surface area contributed by atoms with Crippen LogP contribution in [0.25, 0.3) is 0 Å². The molecule has 0 aromatic heterocycles. The van der Waals surface area contributed by atoms with Crippen LogP contribution in [0.1, 0.15) is 21.5 Å². The normalized spacial score (nSPS) is 10.6. The predicted octanol–water partition coefficient (Wildman–Crippen LogP) is 3.17. The van der Waals surface area contributed by atoms with Crippen LogP contribution in [0.4, 0.5) is 8.78 Å². The Morgan fingerprint density at radius 1 is 1.10 bits per heavy atom. The maximum Gasteiger partial charge on any atom is 0.387 e. The molecular formula is C16H15F2NO2. The van der Waals surface area contributed by atoms with Crippen molar-refractivity contribution in [2.45, 2.75) is 19.5 Å². The van der Waals surface area contributed by atoms with Gasteiger partial charge in [-0.1, -0.05) is 30.3 Å². The first-order chi connectivity index (χ1) is 10.1. The summed E-state index contributed by atoms with van der Waals surface area (Å²) in [7, 11) is 0. The van der Waals surface area contributed by atoms with E-state index in [-0.39, 0.29) is 5.75 Å². The van der Waals surface area contributed by atoms with Gasteiger partial charge in [-0.2, -0.15) is 8.78 Å². The minimum Gasteiger partial charge on any atom is -0.435 e. The second-order valence-electron chi connectivity index (χ2n) is 4.55. The molecule has 0 radical (unpaired) electrons. The summed E-state index contributed by atoms with van der Waals surface area (Å²) in [6.07, 6.45) is 1.20. The Kier molecular flexibility index (Phi) is 4.87. The number of primary amides is 1. The van der Waals surface area contributed by atoms with Crippen LogP contribution in [-0.4, -0.2) is 12.5 Å². The molecular weight excluding hydrogens is 276 g/mol. The topological polar surface area (TPSA) is 52.3 Å². The number of carbonyl (C=O) groups excluding carboxylic acids is 1. The average Bonchev–Trinajstić information content (AvgIpc) is 2.45. The van der Waals surface area contributed by atoms with Crippen LogP contribution in [0.3, 0.4) is 0 Å². The summed E-state index contributed by atoms with van der Waals surface area (Å²) < 4.78 is 28.7. The number of benzene rings is 2. The summed E-state index contributed by atoms with van der Waals surface area (Å²) in [4.78, 5) is 11.3. The molecule has 2 rings (SSSR count). The predicted molar refractivity (Wildman–Crippen MR) is 75.4 cm³/mol. The third-order valence-corrected chi connectivity index (χ3v) is 3.09. The van der Waals surface area contributed by atoms with E-state index in [0.717, 1.165) is 11.1 Å². The molecule has 110 valence electrons. The van der Waals surface area contributed by atoms with Crippen LogP contribution in [-0.2, 0) is 12.8 Å². The Morgan fingerprint density at radius 2 is 1.86 bits per heavy atom. The van der Waals surface area contributed by atoms with E-state index in [1.54, 1.807) is 24.3 Å². The zero-order chi connectivity index (χ0) is 15.2. The summed E-state index contributed by atoms with van der Waals surface area (Å²) in [6.45, 7) is -2.84. The van der Waals surface area contributed by atoms with Crippen LogP contribution in [0, 0.1) is 0 Å². The largest absolute Gasteiger partial charge is 0.435 e. The lowest BCUT2D eigenvalue weighted by Crippen LogP contribution is -2.14. The Balaban J connectivity index is 2.08. The van der Waals surface area contributed by atoms with Crippen molar-refractivity contribution in [3.63, 3.8) is 0 Å². The molecule has 2 aromatic rings. The van der Waals surface area contributed by atoms with Gasteiger partial charge in [0.15, 0.2) is 0 Å². The number of ether oxygens (including phenoxy) is 1. The zero-order valence-electron chi connectivity index (χ0n) is 11.3. The van der Waals surface area contributed by atoms with Crippen LogP contribution in [0.5, 0.6) is 5.75 Å². The Hall–Kier alpha value is -2.43. The fourth-order valence-electron chi connectivity index (χ4n) is 2.13. The van der Waals surface area contributed by atoms with Crippen molar-refractivity contribution in [1.29, 1.82) is 0 Å². The molecule has 5 heteroatoms. The molecule has 3 nitrogen and oxygen atoms in total. The quantitative estimate of drug-likeness (QED) is 0.888. The van der Waals surface area contributed by atoms with Gasteiger partial charge in [-0.05, 0) is 42.2 Å². The first-order valence-electron chi connectivity index (χ1n) is 6.47. The van der Waals surface area contributed by atoms with Gasteiger partial charge in [0.25, 0.3) is 0 Å². The number of nitrogens with two attached hydrogens (primary N) is 1. The number of hydrogen-bond donors (Lipinski definition) is 1. The molecule has 0 saturated carbocycles. The van der Waals surface area contributed by atoms with E-state index in [2.05, 4.69) is 4.74 Å². The number of hydrogen-bond acceptors (Lipinski definition) is 2. The molecule has 0 atom stereocenters. The second-order valence-corrected chi connectivity index (χ2v) is 4.55. The van der Waals surface area contributed by atoms with Gasteiger partial charge in [0.2, 0.25) is 5.91 Å². The summed E-state index contributed by atoms with van der Waals surface area (Å²) in [5.74, 6) is -0.342. The number of rotatable bonds is 6. The molecule has 0 aliphatic rings. The molecule has 2 N–H and O–H groups in total. The third-order valence-electron chi connectivity index (χ3n) is 3.09. The molecule has 0 unspecified atom stereocenters. The summed E-state index contributed by atoms with van der Waals surface area (Å²) >= 11 is 0. The highest BCUT2D eigenvalue weighted by Gasteiger charge is 2.08. The van der Waals surface area contributed by atoms with Crippen molar-refractivity contribution >= 4 is 5.91 Å². The molecule has 0 bridgehead atoms. The monoisotopic (exact) mass is 291 g/mol. The molecule has 2 aromatic carbocycles. The lowest BCUT2D eigenvalue weighted by molar-refractivity contribution is -0.0498. The van der Waals surface area contributed by atoms with Gasteiger partial charge in [0.1, 0.15) is 5.75 Å². The van der Waals surface area contributed by atoms with Gasteiger partial charge < -0.3 is 10.5 Å². The number of halogens is 2. The fourth-order valence-corrected chi connectivity index (χ4v) is 2.13. The highest BCUT2D eigenvalue weighted by Crippen LogP contribution is 2.18. The van der Waals surface area contributed by atoms with Gasteiger partial charge >= 0.3 is 6.61 Å². The minimum absolute atomic E-state index is 0.130. The standard InChI is InChI=1S/C16H15F2NO2/c17-16(18)21-13-6-3-4-11(10-13)8-9-12-5-1-2-7-14(12)15(19)20/h1-7,10,16H,8-9H2,(H2,19,20). The Morgan fingerprint density at radius 3 is 2.57 bits per heavy atom. The zero-order valence-corrected chi connectivity index (χ0v) is 11.3. The lowest BCUT2D eigenvalue weighted by Gasteiger charge is -2.08. The van der Waals surface area contributed by atoms with Crippen LogP contribution < -0.4 is 10.5 Å². The Bertz CT molecular complexity index is 629. The summed E-state index contributed by atoms with van der Waals surface area (Å²) in [6, 6.07) is 13.6. The van der Waals surface area contributed by atoms with Gasteiger partial charge in [0.05, 0.1) is 0 Å². The Labute approximate surface area is 121 Å². The summed E-state index contributed by atoms with van der Waals surface area (Å²) in [5, 5.41) is 0. The van der Waals surface area contributed by atoms with Crippen LogP contribution in [0.2, 0.25) is 0 Å². The SMILES string of the molecule is NC(=O)c1ccccc1CCc1cccc(OC(F)F)c1. The molecule has 1 amide bonds. The highest BCUT2D eigenvalue weighted by molar-refractivity contribution is 5.94. The van der Waals surface area contributed by atoms with Crippen molar-refractivity contribution in [2.75, 3.05) is 0 Å². The first-order valence-corrected chi connectivity index (χ1v) is 6.47. The molecule has 0 aliphatic carbocycles. The van der Waals surface area contributed by atoms with Crippen LogP contribution >= 0.6 is 0 Å². The third kappa shape index (κ3) is 4.27. The minimum atomic E-state index is -2.84. The van der Waals surface area contributed by atoms with E-state index >= 15 is 0 Å². The first kappa shape index (κ1) is 15.0. The molecule has 21 heavy (non-hydrogen) atoms. The smallest absolute Gasteiger partial charge is 0.387 e. The number of carbonyl (C=O) groups is 1. The lowest BCUT2D eigenvalue weighted by atomic mass is 9.99. The highest BCUT2D eigenvalue weighted by atomic mass is 19.3. The second kappa shape index (κ2) is 6.83. The molecule has 0 aliphatic heterocycles. The van der Waals surface area contributed by atoms with E-state index in [9.17, 15) is 13.6 Å². The fraction of sp³-hybridized carbons (Fsp3) is 0.188. The summed E-state index contributed by atoms with van der Waals surface area (Å²) in [5.41, 5.74) is 7.50.